The molecule has 150 valence electrons. The Morgan fingerprint density at radius 3 is 2.33 bits per heavy atom. The van der Waals surface area contributed by atoms with Crippen molar-refractivity contribution in [1.29, 1.82) is 0 Å². The number of nitrogens with zero attached hydrogens (tertiary/aromatic N) is 1. The molecule has 0 saturated carbocycles. The number of Topliss-reactive ketones (excluding diaryl/α,β-unsaturated/α-hetero) is 1. The Hall–Kier alpha value is -3.80. The number of oxazole rings is 1. The summed E-state index contributed by atoms with van der Waals surface area (Å²) in [6, 6.07) is 16.2. The minimum absolute atomic E-state index is 0.104. The van der Waals surface area contributed by atoms with Crippen molar-refractivity contribution in [3.63, 3.8) is 0 Å². The van der Waals surface area contributed by atoms with Gasteiger partial charge in [-0.15, -0.1) is 0 Å². The van der Waals surface area contributed by atoms with E-state index < -0.39 is 23.0 Å². The number of methoxy groups -OCH3 is 1. The highest BCUT2D eigenvalue weighted by Gasteiger charge is 2.17. The van der Waals surface area contributed by atoms with E-state index in [9.17, 15) is 13.6 Å². The van der Waals surface area contributed by atoms with E-state index in [-0.39, 0.29) is 6.42 Å². The largest absolute Gasteiger partial charge is 0.496 e. The molecule has 3 aromatic carbocycles. The number of aromatic nitrogens is 1. The fourth-order valence-corrected chi connectivity index (χ4v) is 3.29. The molecule has 0 N–H and O–H groups in total. The third-order valence-corrected chi connectivity index (χ3v) is 4.79. The molecule has 4 nitrogen and oxygen atoms in total. The number of rotatable bonds is 6. The predicted octanol–water partition coefficient (Wildman–Crippen LogP) is 5.72. The lowest BCUT2D eigenvalue weighted by Crippen LogP contribution is -2.09. The Morgan fingerprint density at radius 2 is 1.70 bits per heavy atom. The molecule has 6 heteroatoms. The van der Waals surface area contributed by atoms with Crippen LogP contribution in [0.2, 0.25) is 0 Å². The monoisotopic (exact) mass is 405 g/mol. The smallest absolute Gasteiger partial charge is 0.181 e. The molecule has 30 heavy (non-hydrogen) atoms. The number of ether oxygens (including phenoxy) is 1. The molecule has 0 spiro atoms. The van der Waals surface area contributed by atoms with Crippen molar-refractivity contribution in [2.45, 2.75) is 6.42 Å². The van der Waals surface area contributed by atoms with E-state index in [1.165, 1.54) is 12.5 Å². The standard InChI is InChI=1S/C24H17F2NO3/c1-29-22-10-9-17(23-13-27-14-30-23)12-18(22)16-7-5-15(6-8-16)11-21(28)24-19(25)3-2-4-20(24)26/h2-10,12-14H,11H2,1H3. The number of benzene rings is 3. The van der Waals surface area contributed by atoms with Crippen molar-refractivity contribution < 1.29 is 22.7 Å². The van der Waals surface area contributed by atoms with Crippen LogP contribution >= 0.6 is 0 Å². The van der Waals surface area contributed by atoms with Gasteiger partial charge in [0.1, 0.15) is 17.4 Å². The van der Waals surface area contributed by atoms with Crippen molar-refractivity contribution in [3.05, 3.63) is 96.0 Å². The molecule has 0 unspecified atom stereocenters. The third-order valence-electron chi connectivity index (χ3n) is 4.79. The molecule has 0 aliphatic carbocycles. The molecule has 0 aliphatic heterocycles. The first-order chi connectivity index (χ1) is 14.6. The van der Waals surface area contributed by atoms with Crippen LogP contribution in [0.15, 0.2) is 77.7 Å². The van der Waals surface area contributed by atoms with Crippen LogP contribution in [0.1, 0.15) is 15.9 Å². The van der Waals surface area contributed by atoms with Gasteiger partial charge >= 0.3 is 0 Å². The van der Waals surface area contributed by atoms with Crippen LogP contribution in [0.25, 0.3) is 22.5 Å². The zero-order valence-corrected chi connectivity index (χ0v) is 16.1. The number of hydrogen-bond donors (Lipinski definition) is 0. The first kappa shape index (κ1) is 19.5. The maximum atomic E-state index is 13.8. The molecule has 0 aliphatic rings. The van der Waals surface area contributed by atoms with Crippen molar-refractivity contribution in [1.82, 2.24) is 4.98 Å². The van der Waals surface area contributed by atoms with Gasteiger partial charge in [-0.3, -0.25) is 4.79 Å². The van der Waals surface area contributed by atoms with E-state index in [2.05, 4.69) is 4.98 Å². The van der Waals surface area contributed by atoms with Crippen molar-refractivity contribution in [2.24, 2.45) is 0 Å². The Bertz CT molecular complexity index is 1170. The molecule has 0 fully saturated rings. The van der Waals surface area contributed by atoms with Crippen LogP contribution < -0.4 is 4.74 Å². The van der Waals surface area contributed by atoms with Gasteiger partial charge in [-0.05, 0) is 41.5 Å². The van der Waals surface area contributed by atoms with Crippen LogP contribution in [-0.4, -0.2) is 17.9 Å². The van der Waals surface area contributed by atoms with E-state index in [0.29, 0.717) is 17.1 Å². The van der Waals surface area contributed by atoms with Gasteiger partial charge in [-0.25, -0.2) is 13.8 Å². The molecular formula is C24H17F2NO3. The Morgan fingerprint density at radius 1 is 1.00 bits per heavy atom. The minimum atomic E-state index is -0.856. The second kappa shape index (κ2) is 8.29. The normalized spacial score (nSPS) is 10.8. The van der Waals surface area contributed by atoms with E-state index >= 15 is 0 Å². The van der Waals surface area contributed by atoms with Crippen LogP contribution in [0.4, 0.5) is 8.78 Å². The molecule has 4 aromatic rings. The molecule has 1 heterocycles. The van der Waals surface area contributed by atoms with Crippen molar-refractivity contribution in [2.75, 3.05) is 7.11 Å². The number of ketones is 1. The minimum Gasteiger partial charge on any atom is -0.496 e. The van der Waals surface area contributed by atoms with Crippen LogP contribution in [0, 0.1) is 11.6 Å². The summed E-state index contributed by atoms with van der Waals surface area (Å²) >= 11 is 0. The average molecular weight is 405 g/mol. The predicted molar refractivity (Wildman–Crippen MR) is 108 cm³/mol. The molecular weight excluding hydrogens is 388 g/mol. The lowest BCUT2D eigenvalue weighted by atomic mass is 9.97. The summed E-state index contributed by atoms with van der Waals surface area (Å²) in [6.45, 7) is 0. The van der Waals surface area contributed by atoms with E-state index in [1.807, 2.05) is 30.3 Å². The van der Waals surface area contributed by atoms with Gasteiger partial charge in [-0.1, -0.05) is 30.3 Å². The number of carbonyl (C=O) groups excluding carboxylic acids is 1. The zero-order valence-electron chi connectivity index (χ0n) is 16.1. The fraction of sp³-hybridized carbons (Fsp3) is 0.0833. The second-order valence-electron chi connectivity index (χ2n) is 6.67. The van der Waals surface area contributed by atoms with Gasteiger partial charge in [0.15, 0.2) is 17.9 Å². The lowest BCUT2D eigenvalue weighted by molar-refractivity contribution is 0.0985. The molecule has 0 radical (unpaired) electrons. The first-order valence-electron chi connectivity index (χ1n) is 9.20. The summed E-state index contributed by atoms with van der Waals surface area (Å²) in [5.41, 5.74) is 2.68. The third kappa shape index (κ3) is 3.85. The van der Waals surface area contributed by atoms with Crippen LogP contribution in [0.3, 0.4) is 0 Å². The van der Waals surface area contributed by atoms with E-state index in [1.54, 1.807) is 25.4 Å². The Kier molecular flexibility index (Phi) is 5.39. The molecule has 0 bridgehead atoms. The van der Waals surface area contributed by atoms with Gasteiger partial charge in [0.05, 0.1) is 18.9 Å². The van der Waals surface area contributed by atoms with Gasteiger partial charge in [-0.2, -0.15) is 0 Å². The van der Waals surface area contributed by atoms with Gasteiger partial charge in [0, 0.05) is 17.5 Å². The topological polar surface area (TPSA) is 52.3 Å². The maximum Gasteiger partial charge on any atom is 0.181 e. The van der Waals surface area contributed by atoms with Crippen molar-refractivity contribution >= 4 is 5.78 Å². The highest BCUT2D eigenvalue weighted by Crippen LogP contribution is 2.34. The summed E-state index contributed by atoms with van der Waals surface area (Å²) < 4.78 is 38.5. The van der Waals surface area contributed by atoms with Crippen molar-refractivity contribution in [3.8, 4) is 28.2 Å². The maximum absolute atomic E-state index is 13.8. The fourth-order valence-electron chi connectivity index (χ4n) is 3.29. The molecule has 0 atom stereocenters. The second-order valence-corrected chi connectivity index (χ2v) is 6.67. The molecule has 0 amide bonds. The zero-order chi connectivity index (χ0) is 21.1. The van der Waals surface area contributed by atoms with E-state index in [4.69, 9.17) is 9.15 Å². The van der Waals surface area contributed by atoms with Gasteiger partial charge < -0.3 is 9.15 Å². The highest BCUT2D eigenvalue weighted by molar-refractivity contribution is 5.98. The number of hydrogen-bond acceptors (Lipinski definition) is 4. The molecule has 0 saturated heterocycles. The summed E-state index contributed by atoms with van der Waals surface area (Å²) in [7, 11) is 1.59. The summed E-state index contributed by atoms with van der Waals surface area (Å²) in [4.78, 5) is 16.3. The highest BCUT2D eigenvalue weighted by atomic mass is 19.1. The molecule has 1 aromatic heterocycles. The molecule has 4 rings (SSSR count). The summed E-state index contributed by atoms with van der Waals surface area (Å²) in [5, 5.41) is 0. The van der Waals surface area contributed by atoms with Crippen LogP contribution in [0.5, 0.6) is 5.75 Å². The number of carbonyl (C=O) groups is 1. The average Bonchev–Trinajstić information content (AvgIpc) is 3.29. The SMILES string of the molecule is COc1ccc(-c2cnco2)cc1-c1ccc(CC(=O)c2c(F)cccc2F)cc1. The quantitative estimate of drug-likeness (QED) is 0.385. The Balaban J connectivity index is 1.61. The number of halogens is 2. The summed E-state index contributed by atoms with van der Waals surface area (Å²) in [5.74, 6) is -1.01. The summed E-state index contributed by atoms with van der Waals surface area (Å²) in [6.07, 6.45) is 2.89. The van der Waals surface area contributed by atoms with Gasteiger partial charge in [0.25, 0.3) is 0 Å². The Labute approximate surface area is 171 Å². The van der Waals surface area contributed by atoms with Gasteiger partial charge in [0.2, 0.25) is 0 Å². The lowest BCUT2D eigenvalue weighted by Gasteiger charge is -2.11. The first-order valence-corrected chi connectivity index (χ1v) is 9.20. The van der Waals surface area contributed by atoms with E-state index in [0.717, 1.165) is 28.8 Å². The van der Waals surface area contributed by atoms with Crippen LogP contribution in [-0.2, 0) is 6.42 Å².